The zero-order valence-corrected chi connectivity index (χ0v) is 11.5. The Bertz CT molecular complexity index is 580. The number of rotatable bonds is 4. The summed E-state index contributed by atoms with van der Waals surface area (Å²) in [4.78, 5) is 0. The van der Waals surface area contributed by atoms with Gasteiger partial charge in [-0.2, -0.15) is 12.7 Å². The van der Waals surface area contributed by atoms with Crippen LogP contribution in [-0.2, 0) is 10.2 Å². The van der Waals surface area contributed by atoms with E-state index in [0.717, 1.165) is 28.9 Å². The second kappa shape index (κ2) is 6.02. The molecular formula is C12H16F2N2O3S. The number of aliphatic hydroxyl groups is 1. The summed E-state index contributed by atoms with van der Waals surface area (Å²) in [5.74, 6) is -1.70. The summed E-state index contributed by atoms with van der Waals surface area (Å²) >= 11 is 0. The first-order valence-electron chi connectivity index (χ1n) is 6.26. The highest BCUT2D eigenvalue weighted by atomic mass is 32.2. The van der Waals surface area contributed by atoms with Gasteiger partial charge in [0.15, 0.2) is 0 Å². The number of nitrogens with one attached hydrogen (secondary N) is 1. The van der Waals surface area contributed by atoms with Crippen molar-refractivity contribution in [3.8, 4) is 0 Å². The summed E-state index contributed by atoms with van der Waals surface area (Å²) in [5.41, 5.74) is -0.420. The third kappa shape index (κ3) is 3.44. The lowest BCUT2D eigenvalue weighted by Crippen LogP contribution is -2.43. The van der Waals surface area contributed by atoms with Crippen molar-refractivity contribution in [3.05, 3.63) is 29.8 Å². The monoisotopic (exact) mass is 306 g/mol. The van der Waals surface area contributed by atoms with E-state index in [1.54, 1.807) is 0 Å². The van der Waals surface area contributed by atoms with Crippen molar-refractivity contribution in [2.75, 3.05) is 24.4 Å². The average molecular weight is 306 g/mol. The van der Waals surface area contributed by atoms with E-state index in [4.69, 9.17) is 5.11 Å². The van der Waals surface area contributed by atoms with Crippen LogP contribution in [0.5, 0.6) is 0 Å². The maximum absolute atomic E-state index is 13.5. The average Bonchev–Trinajstić information content (AvgIpc) is 2.43. The summed E-state index contributed by atoms with van der Waals surface area (Å²) in [6.07, 6.45) is 1.37. The van der Waals surface area contributed by atoms with Crippen LogP contribution >= 0.6 is 0 Å². The molecule has 1 heterocycles. The van der Waals surface area contributed by atoms with Gasteiger partial charge < -0.3 is 5.11 Å². The van der Waals surface area contributed by atoms with Crippen molar-refractivity contribution >= 4 is 15.9 Å². The molecule has 1 aromatic rings. The van der Waals surface area contributed by atoms with Crippen LogP contribution in [0.4, 0.5) is 14.5 Å². The van der Waals surface area contributed by atoms with E-state index in [0.29, 0.717) is 13.0 Å². The van der Waals surface area contributed by atoms with Gasteiger partial charge in [0, 0.05) is 25.8 Å². The van der Waals surface area contributed by atoms with Crippen molar-refractivity contribution in [1.82, 2.24) is 4.31 Å². The Morgan fingerprint density at radius 3 is 2.85 bits per heavy atom. The smallest absolute Gasteiger partial charge is 0.301 e. The second-order valence-electron chi connectivity index (χ2n) is 4.78. The van der Waals surface area contributed by atoms with Gasteiger partial charge in [0.1, 0.15) is 11.6 Å². The molecule has 5 nitrogen and oxygen atoms in total. The molecule has 0 aromatic heterocycles. The van der Waals surface area contributed by atoms with Crippen molar-refractivity contribution < 1.29 is 22.3 Å². The quantitative estimate of drug-likeness (QED) is 0.881. The Balaban J connectivity index is 2.16. The number of hydrogen-bond donors (Lipinski definition) is 2. The van der Waals surface area contributed by atoms with Crippen LogP contribution in [0.3, 0.4) is 0 Å². The van der Waals surface area contributed by atoms with Crippen LogP contribution in [0, 0.1) is 17.6 Å². The van der Waals surface area contributed by atoms with E-state index in [1.165, 1.54) is 0 Å². The van der Waals surface area contributed by atoms with Crippen molar-refractivity contribution in [1.29, 1.82) is 0 Å². The number of benzene rings is 1. The largest absolute Gasteiger partial charge is 0.396 e. The summed E-state index contributed by atoms with van der Waals surface area (Å²) in [7, 11) is -3.95. The van der Waals surface area contributed by atoms with Gasteiger partial charge in [-0.1, -0.05) is 0 Å². The number of nitrogens with zero attached hydrogens (tertiary/aromatic N) is 1. The molecule has 1 saturated heterocycles. The van der Waals surface area contributed by atoms with Crippen LogP contribution in [0.15, 0.2) is 18.2 Å². The Hall–Kier alpha value is -1.25. The molecule has 20 heavy (non-hydrogen) atoms. The fourth-order valence-corrected chi connectivity index (χ4v) is 3.51. The van der Waals surface area contributed by atoms with Crippen LogP contribution in [0.2, 0.25) is 0 Å². The molecule has 0 spiro atoms. The summed E-state index contributed by atoms with van der Waals surface area (Å²) in [5, 5.41) is 9.09. The molecule has 8 heteroatoms. The highest BCUT2D eigenvalue weighted by Crippen LogP contribution is 2.22. The Morgan fingerprint density at radius 2 is 2.15 bits per heavy atom. The van der Waals surface area contributed by atoms with Gasteiger partial charge in [0.05, 0.1) is 5.69 Å². The zero-order valence-electron chi connectivity index (χ0n) is 10.7. The Kier molecular flexibility index (Phi) is 4.56. The Morgan fingerprint density at radius 1 is 1.40 bits per heavy atom. The molecule has 1 aromatic carbocycles. The molecule has 0 amide bonds. The van der Waals surface area contributed by atoms with Gasteiger partial charge in [0.2, 0.25) is 0 Å². The number of anilines is 1. The normalized spacial score (nSPS) is 20.9. The highest BCUT2D eigenvalue weighted by Gasteiger charge is 2.29. The maximum atomic E-state index is 13.5. The highest BCUT2D eigenvalue weighted by molar-refractivity contribution is 7.90. The number of piperidine rings is 1. The third-order valence-corrected chi connectivity index (χ3v) is 4.74. The maximum Gasteiger partial charge on any atom is 0.301 e. The van der Waals surface area contributed by atoms with Crippen LogP contribution in [0.25, 0.3) is 0 Å². The number of aliphatic hydroxyl groups excluding tert-OH is 1. The molecule has 1 fully saturated rings. The van der Waals surface area contributed by atoms with Gasteiger partial charge in [-0.25, -0.2) is 8.78 Å². The first-order chi connectivity index (χ1) is 9.42. The second-order valence-corrected chi connectivity index (χ2v) is 6.45. The molecule has 0 radical (unpaired) electrons. The SMILES string of the molecule is O=S(=O)(Nc1cc(F)ccc1F)N1CCCC(CO)C1. The van der Waals surface area contributed by atoms with Crippen molar-refractivity contribution in [2.24, 2.45) is 5.92 Å². The van der Waals surface area contributed by atoms with Gasteiger partial charge in [-0.15, -0.1) is 0 Å². The first-order valence-corrected chi connectivity index (χ1v) is 7.70. The Labute approximate surface area is 116 Å². The minimum atomic E-state index is -3.95. The minimum Gasteiger partial charge on any atom is -0.396 e. The van der Waals surface area contributed by atoms with Crippen LogP contribution < -0.4 is 4.72 Å². The molecule has 2 N–H and O–H groups in total. The molecular weight excluding hydrogens is 290 g/mol. The van der Waals surface area contributed by atoms with E-state index in [-0.39, 0.29) is 19.1 Å². The van der Waals surface area contributed by atoms with E-state index in [9.17, 15) is 17.2 Å². The van der Waals surface area contributed by atoms with Crippen molar-refractivity contribution in [2.45, 2.75) is 12.8 Å². The summed E-state index contributed by atoms with van der Waals surface area (Å²) < 4.78 is 53.9. The molecule has 0 bridgehead atoms. The molecule has 1 unspecified atom stereocenters. The number of hydrogen-bond acceptors (Lipinski definition) is 3. The predicted molar refractivity (Wildman–Crippen MR) is 70.3 cm³/mol. The van der Waals surface area contributed by atoms with Gasteiger partial charge >= 0.3 is 10.2 Å². The predicted octanol–water partition coefficient (Wildman–Crippen LogP) is 1.33. The first kappa shape index (κ1) is 15.1. The molecule has 1 aliphatic rings. The van der Waals surface area contributed by atoms with E-state index in [2.05, 4.69) is 0 Å². The molecule has 1 atom stereocenters. The third-order valence-electron chi connectivity index (χ3n) is 3.25. The summed E-state index contributed by atoms with van der Waals surface area (Å²) in [6, 6.07) is 2.57. The lowest BCUT2D eigenvalue weighted by atomic mass is 10.0. The molecule has 112 valence electrons. The van der Waals surface area contributed by atoms with Gasteiger partial charge in [-0.3, -0.25) is 4.72 Å². The lowest BCUT2D eigenvalue weighted by Gasteiger charge is -2.31. The van der Waals surface area contributed by atoms with Crippen LogP contribution in [-0.4, -0.2) is 37.5 Å². The van der Waals surface area contributed by atoms with Crippen molar-refractivity contribution in [3.63, 3.8) is 0 Å². The fraction of sp³-hybridized carbons (Fsp3) is 0.500. The summed E-state index contributed by atoms with van der Waals surface area (Å²) in [6.45, 7) is 0.367. The lowest BCUT2D eigenvalue weighted by molar-refractivity contribution is 0.166. The standard InChI is InChI=1S/C12H16F2N2O3S/c13-10-3-4-11(14)12(6-10)15-20(18,19)16-5-1-2-9(7-16)8-17/h3-4,6,9,15,17H,1-2,5,7-8H2. The van der Waals surface area contributed by atoms with Gasteiger partial charge in [-0.05, 0) is 30.9 Å². The number of halogens is 2. The molecule has 0 saturated carbocycles. The molecule has 2 rings (SSSR count). The topological polar surface area (TPSA) is 69.6 Å². The molecule has 0 aliphatic carbocycles. The van der Waals surface area contributed by atoms with E-state index >= 15 is 0 Å². The minimum absolute atomic E-state index is 0.0969. The van der Waals surface area contributed by atoms with E-state index < -0.39 is 27.5 Å². The van der Waals surface area contributed by atoms with Gasteiger partial charge in [0.25, 0.3) is 0 Å². The van der Waals surface area contributed by atoms with E-state index in [1.807, 2.05) is 4.72 Å². The molecule has 1 aliphatic heterocycles. The van der Waals surface area contributed by atoms with Crippen LogP contribution in [0.1, 0.15) is 12.8 Å². The fourth-order valence-electron chi connectivity index (χ4n) is 2.17. The zero-order chi connectivity index (χ0) is 14.8.